The minimum absolute atomic E-state index is 0.0405. The van der Waals surface area contributed by atoms with Crippen molar-refractivity contribution in [1.82, 2.24) is 5.32 Å². The van der Waals surface area contributed by atoms with E-state index in [4.69, 9.17) is 19.3 Å². The molecule has 2 rings (SSSR count). The van der Waals surface area contributed by atoms with Crippen molar-refractivity contribution in [2.45, 2.75) is 19.4 Å². The number of aliphatic hydroxyl groups is 1. The minimum atomic E-state index is 0.0405. The van der Waals surface area contributed by atoms with Crippen LogP contribution in [-0.4, -0.2) is 44.7 Å². The number of aliphatic hydroxyl groups excluding tert-OH is 1. The second-order valence-corrected chi connectivity index (χ2v) is 4.70. The molecule has 5 heteroatoms. The van der Waals surface area contributed by atoms with E-state index in [0.29, 0.717) is 26.4 Å². The molecule has 1 unspecified atom stereocenters. The van der Waals surface area contributed by atoms with Gasteiger partial charge in [-0.2, -0.15) is 0 Å². The summed E-state index contributed by atoms with van der Waals surface area (Å²) in [6.45, 7) is 5.15. The van der Waals surface area contributed by atoms with Crippen LogP contribution in [0.15, 0.2) is 18.2 Å². The van der Waals surface area contributed by atoms with E-state index in [1.807, 2.05) is 12.1 Å². The summed E-state index contributed by atoms with van der Waals surface area (Å²) in [7, 11) is 0. The molecule has 112 valence electrons. The van der Waals surface area contributed by atoms with Crippen molar-refractivity contribution in [3.05, 3.63) is 23.8 Å². The smallest absolute Gasteiger partial charge is 0.127 e. The average molecular weight is 281 g/mol. The lowest BCUT2D eigenvalue weighted by Crippen LogP contribution is -2.22. The third kappa shape index (κ3) is 4.10. The van der Waals surface area contributed by atoms with Crippen LogP contribution in [0.5, 0.6) is 11.5 Å². The van der Waals surface area contributed by atoms with Crippen LogP contribution >= 0.6 is 0 Å². The van der Waals surface area contributed by atoms with Crippen LogP contribution in [0.25, 0.3) is 0 Å². The van der Waals surface area contributed by atoms with Gasteiger partial charge in [-0.05, 0) is 25.1 Å². The highest BCUT2D eigenvalue weighted by Gasteiger charge is 2.23. The molecule has 2 N–H and O–H groups in total. The summed E-state index contributed by atoms with van der Waals surface area (Å²) in [4.78, 5) is 0. The van der Waals surface area contributed by atoms with Crippen molar-refractivity contribution >= 4 is 0 Å². The summed E-state index contributed by atoms with van der Waals surface area (Å²) in [5, 5.41) is 12.1. The molecular formula is C15H23NO4. The van der Waals surface area contributed by atoms with E-state index in [1.54, 1.807) is 0 Å². The van der Waals surface area contributed by atoms with E-state index >= 15 is 0 Å². The van der Waals surface area contributed by atoms with Gasteiger partial charge < -0.3 is 24.6 Å². The highest BCUT2D eigenvalue weighted by atomic mass is 16.5. The van der Waals surface area contributed by atoms with Crippen LogP contribution in [0.1, 0.15) is 24.9 Å². The normalized spacial score (nSPS) is 16.8. The van der Waals surface area contributed by atoms with Crippen molar-refractivity contribution < 1.29 is 19.3 Å². The zero-order valence-electron chi connectivity index (χ0n) is 11.9. The molecule has 0 amide bonds. The molecule has 1 aromatic rings. The Morgan fingerprint density at radius 3 is 3.05 bits per heavy atom. The van der Waals surface area contributed by atoms with Gasteiger partial charge in [-0.1, -0.05) is 6.92 Å². The summed E-state index contributed by atoms with van der Waals surface area (Å²) in [6.07, 6.45) is 1.11. The first-order valence-electron chi connectivity index (χ1n) is 7.16. The average Bonchev–Trinajstić information content (AvgIpc) is 2.87. The maximum Gasteiger partial charge on any atom is 0.127 e. The van der Waals surface area contributed by atoms with Gasteiger partial charge in [-0.3, -0.25) is 0 Å². The van der Waals surface area contributed by atoms with Crippen LogP contribution in [0, 0.1) is 0 Å². The standard InChI is InChI=1S/C15H23NO4/c1-2-5-16-14-11-20-15-10-12(3-4-13(14)15)19-9-8-18-7-6-17/h3-4,10,14,16-17H,2,5-9,11H2,1H3. The van der Waals surface area contributed by atoms with E-state index in [0.717, 1.165) is 24.5 Å². The quantitative estimate of drug-likeness (QED) is 0.672. The molecule has 0 spiro atoms. The van der Waals surface area contributed by atoms with Crippen LogP contribution in [0.2, 0.25) is 0 Å². The SMILES string of the molecule is CCCNC1COc2cc(OCCOCCO)ccc21. The fourth-order valence-electron chi connectivity index (χ4n) is 2.15. The lowest BCUT2D eigenvalue weighted by atomic mass is 10.1. The van der Waals surface area contributed by atoms with Gasteiger partial charge in [-0.25, -0.2) is 0 Å². The molecule has 1 aliphatic heterocycles. The minimum Gasteiger partial charge on any atom is -0.491 e. The lowest BCUT2D eigenvalue weighted by Gasteiger charge is -2.11. The Morgan fingerprint density at radius 1 is 1.35 bits per heavy atom. The molecule has 0 bridgehead atoms. The topological polar surface area (TPSA) is 60.0 Å². The van der Waals surface area contributed by atoms with Gasteiger partial charge in [-0.15, -0.1) is 0 Å². The number of hydrogen-bond donors (Lipinski definition) is 2. The largest absolute Gasteiger partial charge is 0.491 e. The maximum absolute atomic E-state index is 8.59. The fraction of sp³-hybridized carbons (Fsp3) is 0.600. The summed E-state index contributed by atoms with van der Waals surface area (Å²) < 4.78 is 16.4. The summed E-state index contributed by atoms with van der Waals surface area (Å²) >= 11 is 0. The van der Waals surface area contributed by atoms with E-state index in [-0.39, 0.29) is 12.6 Å². The molecule has 0 fully saturated rings. The Bertz CT molecular complexity index is 411. The molecule has 1 atom stereocenters. The molecule has 1 aromatic carbocycles. The zero-order chi connectivity index (χ0) is 14.2. The van der Waals surface area contributed by atoms with Gasteiger partial charge in [0.05, 0.1) is 25.9 Å². The summed E-state index contributed by atoms with van der Waals surface area (Å²) in [6, 6.07) is 6.22. The third-order valence-electron chi connectivity index (χ3n) is 3.14. The van der Waals surface area contributed by atoms with E-state index in [1.165, 1.54) is 5.56 Å². The van der Waals surface area contributed by atoms with Crippen LogP contribution < -0.4 is 14.8 Å². The van der Waals surface area contributed by atoms with Crippen molar-refractivity contribution in [3.8, 4) is 11.5 Å². The van der Waals surface area contributed by atoms with E-state index in [9.17, 15) is 0 Å². The van der Waals surface area contributed by atoms with Gasteiger partial charge in [0.15, 0.2) is 0 Å². The molecule has 1 aliphatic rings. The molecule has 0 aromatic heterocycles. The van der Waals surface area contributed by atoms with Crippen molar-refractivity contribution in [1.29, 1.82) is 0 Å². The van der Waals surface area contributed by atoms with E-state index < -0.39 is 0 Å². The summed E-state index contributed by atoms with van der Waals surface area (Å²) in [5.74, 6) is 1.68. The fourth-order valence-corrected chi connectivity index (χ4v) is 2.15. The highest BCUT2D eigenvalue weighted by molar-refractivity contribution is 5.45. The Morgan fingerprint density at radius 2 is 2.25 bits per heavy atom. The van der Waals surface area contributed by atoms with Crippen LogP contribution in [0.3, 0.4) is 0 Å². The second kappa shape index (κ2) is 8.09. The lowest BCUT2D eigenvalue weighted by molar-refractivity contribution is 0.0705. The number of ether oxygens (including phenoxy) is 3. The predicted octanol–water partition coefficient (Wildman–Crippen LogP) is 1.51. The number of rotatable bonds is 9. The predicted molar refractivity (Wildman–Crippen MR) is 76.4 cm³/mol. The molecular weight excluding hydrogens is 258 g/mol. The molecule has 1 heterocycles. The molecule has 0 aliphatic carbocycles. The second-order valence-electron chi connectivity index (χ2n) is 4.70. The van der Waals surface area contributed by atoms with Gasteiger partial charge >= 0.3 is 0 Å². The Hall–Kier alpha value is -1.30. The first-order valence-corrected chi connectivity index (χ1v) is 7.16. The Kier molecular flexibility index (Phi) is 6.11. The number of fused-ring (bicyclic) bond motifs is 1. The van der Waals surface area contributed by atoms with Crippen molar-refractivity contribution in [2.75, 3.05) is 39.6 Å². The summed E-state index contributed by atoms with van der Waals surface area (Å²) in [5.41, 5.74) is 1.20. The molecule has 20 heavy (non-hydrogen) atoms. The van der Waals surface area contributed by atoms with Gasteiger partial charge in [0.2, 0.25) is 0 Å². The highest BCUT2D eigenvalue weighted by Crippen LogP contribution is 2.35. The first kappa shape index (κ1) is 15.1. The van der Waals surface area contributed by atoms with Crippen LogP contribution in [-0.2, 0) is 4.74 Å². The van der Waals surface area contributed by atoms with Gasteiger partial charge in [0.1, 0.15) is 24.7 Å². The van der Waals surface area contributed by atoms with Gasteiger partial charge in [0.25, 0.3) is 0 Å². The maximum atomic E-state index is 8.59. The van der Waals surface area contributed by atoms with E-state index in [2.05, 4.69) is 18.3 Å². The number of nitrogens with one attached hydrogen (secondary N) is 1. The molecule has 0 saturated heterocycles. The van der Waals surface area contributed by atoms with Gasteiger partial charge in [0, 0.05) is 11.6 Å². The number of benzene rings is 1. The van der Waals surface area contributed by atoms with Crippen molar-refractivity contribution in [2.24, 2.45) is 0 Å². The molecule has 0 saturated carbocycles. The van der Waals surface area contributed by atoms with Crippen LogP contribution in [0.4, 0.5) is 0 Å². The Balaban J connectivity index is 1.83. The zero-order valence-corrected chi connectivity index (χ0v) is 11.9. The third-order valence-corrected chi connectivity index (χ3v) is 3.14. The first-order chi connectivity index (χ1) is 9.85. The van der Waals surface area contributed by atoms with Crippen molar-refractivity contribution in [3.63, 3.8) is 0 Å². The Labute approximate surface area is 119 Å². The molecule has 5 nitrogen and oxygen atoms in total. The molecule has 0 radical (unpaired) electrons. The monoisotopic (exact) mass is 281 g/mol. The number of hydrogen-bond acceptors (Lipinski definition) is 5.